The lowest BCUT2D eigenvalue weighted by Gasteiger charge is -2.03. The van der Waals surface area contributed by atoms with Gasteiger partial charge in [-0.1, -0.05) is 67.7 Å². The Morgan fingerprint density at radius 3 is 2.29 bits per heavy atom. The Bertz CT molecular complexity index is 445. The minimum Gasteiger partial charge on any atom is -0.481 e. The molecular formula is C20H30O4. The molecule has 4 nitrogen and oxygen atoms in total. The fourth-order valence-electron chi connectivity index (χ4n) is 1.83. The minimum atomic E-state index is -0.772. The lowest BCUT2D eigenvalue weighted by atomic mass is 10.2. The van der Waals surface area contributed by atoms with E-state index in [0.29, 0.717) is 12.8 Å². The summed E-state index contributed by atoms with van der Waals surface area (Å²) in [5.41, 5.74) is 0. The highest BCUT2D eigenvalue weighted by molar-refractivity contribution is 5.66. The molecule has 24 heavy (non-hydrogen) atoms. The summed E-state index contributed by atoms with van der Waals surface area (Å²) in [7, 11) is 0. The zero-order valence-corrected chi connectivity index (χ0v) is 14.5. The van der Waals surface area contributed by atoms with E-state index in [-0.39, 0.29) is 12.5 Å². The maximum Gasteiger partial charge on any atom is 0.303 e. The Morgan fingerprint density at radius 1 is 1.00 bits per heavy atom. The van der Waals surface area contributed by atoms with Gasteiger partial charge in [-0.2, -0.15) is 0 Å². The van der Waals surface area contributed by atoms with E-state index in [1.54, 1.807) is 12.2 Å². The highest BCUT2D eigenvalue weighted by Gasteiger charge is 1.99. The molecule has 4 heteroatoms. The molecule has 0 spiro atoms. The molecule has 0 radical (unpaired) electrons. The van der Waals surface area contributed by atoms with Gasteiger partial charge in [0.1, 0.15) is 6.10 Å². The Labute approximate surface area is 145 Å². The maximum atomic E-state index is 10.3. The van der Waals surface area contributed by atoms with Crippen molar-refractivity contribution >= 4 is 5.97 Å². The van der Waals surface area contributed by atoms with Crippen molar-refractivity contribution in [3.05, 3.63) is 60.8 Å². The number of carbonyl (C=O) groups is 1. The van der Waals surface area contributed by atoms with Crippen molar-refractivity contribution in [2.24, 2.45) is 0 Å². The van der Waals surface area contributed by atoms with E-state index in [1.807, 2.05) is 24.3 Å². The Hall–Kier alpha value is -1.91. The molecule has 2 N–H and O–H groups in total. The predicted octanol–water partition coefficient (Wildman–Crippen LogP) is 5.46. The van der Waals surface area contributed by atoms with Gasteiger partial charge >= 0.3 is 5.97 Å². The quantitative estimate of drug-likeness (QED) is 0.145. The standard InChI is InChI=1S/C20H30O4/c1-2-3-4-5-6-7-8-10-13-16-19(24-23)17-14-11-9-12-15-18-20(21)22/h3-4,6-7,9-11,13-14,17,19,23H,2,5,8,12,15-16,18H2,1H3,(H,21,22)/b4-3+,7-6-,11-9-,13-10-,17-14+/t19-/m0/s1. The van der Waals surface area contributed by atoms with Crippen molar-refractivity contribution in [1.82, 2.24) is 0 Å². The number of allylic oxidation sites excluding steroid dienone is 8. The molecular weight excluding hydrogens is 304 g/mol. The van der Waals surface area contributed by atoms with Crippen molar-refractivity contribution in [2.75, 3.05) is 0 Å². The van der Waals surface area contributed by atoms with Gasteiger partial charge in [0, 0.05) is 6.42 Å². The van der Waals surface area contributed by atoms with Crippen LogP contribution in [0.5, 0.6) is 0 Å². The molecule has 0 aromatic heterocycles. The molecule has 0 rings (SSSR count). The molecule has 0 unspecified atom stereocenters. The predicted molar refractivity (Wildman–Crippen MR) is 98.8 cm³/mol. The average molecular weight is 334 g/mol. The van der Waals surface area contributed by atoms with E-state index in [2.05, 4.69) is 36.1 Å². The monoisotopic (exact) mass is 334 g/mol. The van der Waals surface area contributed by atoms with Gasteiger partial charge in [-0.25, -0.2) is 4.89 Å². The average Bonchev–Trinajstić information content (AvgIpc) is 2.57. The van der Waals surface area contributed by atoms with Crippen LogP contribution in [0.25, 0.3) is 0 Å². The third-order valence-electron chi connectivity index (χ3n) is 3.12. The number of hydrogen-bond acceptors (Lipinski definition) is 3. The number of unbranched alkanes of at least 4 members (excludes halogenated alkanes) is 1. The molecule has 0 fully saturated rings. The van der Waals surface area contributed by atoms with E-state index >= 15 is 0 Å². The van der Waals surface area contributed by atoms with Gasteiger partial charge in [-0.15, -0.1) is 0 Å². The first kappa shape index (κ1) is 22.1. The fourth-order valence-corrected chi connectivity index (χ4v) is 1.83. The molecule has 0 saturated heterocycles. The lowest BCUT2D eigenvalue weighted by molar-refractivity contribution is -0.264. The zero-order chi connectivity index (χ0) is 17.9. The van der Waals surface area contributed by atoms with Crippen LogP contribution in [0.2, 0.25) is 0 Å². The summed E-state index contributed by atoms with van der Waals surface area (Å²) in [4.78, 5) is 14.8. The summed E-state index contributed by atoms with van der Waals surface area (Å²) >= 11 is 0. The van der Waals surface area contributed by atoms with Crippen molar-refractivity contribution in [3.63, 3.8) is 0 Å². The molecule has 134 valence electrons. The summed E-state index contributed by atoms with van der Waals surface area (Å²) in [6.45, 7) is 2.12. The highest BCUT2D eigenvalue weighted by atomic mass is 17.1. The molecule has 0 aromatic rings. The molecule has 0 aromatic carbocycles. The molecule has 1 atom stereocenters. The van der Waals surface area contributed by atoms with E-state index in [4.69, 9.17) is 10.4 Å². The van der Waals surface area contributed by atoms with Gasteiger partial charge in [-0.3, -0.25) is 10.1 Å². The summed E-state index contributed by atoms with van der Waals surface area (Å²) in [6.07, 6.45) is 24.5. The van der Waals surface area contributed by atoms with Crippen LogP contribution in [0, 0.1) is 0 Å². The van der Waals surface area contributed by atoms with Crippen LogP contribution in [-0.2, 0) is 9.68 Å². The Morgan fingerprint density at radius 2 is 1.67 bits per heavy atom. The van der Waals surface area contributed by atoms with Crippen LogP contribution >= 0.6 is 0 Å². The summed E-state index contributed by atoms with van der Waals surface area (Å²) in [5.74, 6) is -0.772. The van der Waals surface area contributed by atoms with Crippen molar-refractivity contribution in [2.45, 2.75) is 58.0 Å². The summed E-state index contributed by atoms with van der Waals surface area (Å²) < 4.78 is 0. The smallest absolute Gasteiger partial charge is 0.303 e. The van der Waals surface area contributed by atoms with Gasteiger partial charge in [0.2, 0.25) is 0 Å². The minimum absolute atomic E-state index is 0.185. The van der Waals surface area contributed by atoms with Gasteiger partial charge in [-0.05, 0) is 38.5 Å². The molecule has 0 aliphatic carbocycles. The highest BCUT2D eigenvalue weighted by Crippen LogP contribution is 2.03. The van der Waals surface area contributed by atoms with E-state index in [0.717, 1.165) is 25.7 Å². The first-order chi connectivity index (χ1) is 11.7. The van der Waals surface area contributed by atoms with Gasteiger partial charge in [0.05, 0.1) is 0 Å². The number of hydrogen-bond donors (Lipinski definition) is 2. The Kier molecular flexibility index (Phi) is 16.1. The second kappa shape index (κ2) is 17.4. The summed E-state index contributed by atoms with van der Waals surface area (Å²) in [6, 6.07) is 0. The Balaban J connectivity index is 3.86. The first-order valence-corrected chi connectivity index (χ1v) is 8.51. The molecule has 0 bridgehead atoms. The third kappa shape index (κ3) is 16.5. The molecule has 0 heterocycles. The largest absolute Gasteiger partial charge is 0.481 e. The van der Waals surface area contributed by atoms with Crippen molar-refractivity contribution in [1.29, 1.82) is 0 Å². The van der Waals surface area contributed by atoms with E-state index in [9.17, 15) is 4.79 Å². The van der Waals surface area contributed by atoms with Crippen LogP contribution in [0.3, 0.4) is 0 Å². The number of rotatable bonds is 14. The van der Waals surface area contributed by atoms with Crippen LogP contribution < -0.4 is 0 Å². The first-order valence-electron chi connectivity index (χ1n) is 8.51. The zero-order valence-electron chi connectivity index (χ0n) is 14.5. The lowest BCUT2D eigenvalue weighted by Crippen LogP contribution is -2.04. The van der Waals surface area contributed by atoms with Crippen molar-refractivity contribution < 1.29 is 20.0 Å². The number of aliphatic carboxylic acids is 1. The molecule has 0 aliphatic rings. The second-order valence-electron chi connectivity index (χ2n) is 5.27. The van der Waals surface area contributed by atoms with Crippen LogP contribution in [0.15, 0.2) is 60.8 Å². The van der Waals surface area contributed by atoms with Gasteiger partial charge in [0.25, 0.3) is 0 Å². The number of carboxylic acid groups (broad SMARTS) is 1. The molecule has 0 saturated carbocycles. The number of carboxylic acids is 1. The molecule has 0 aliphatic heterocycles. The van der Waals surface area contributed by atoms with Crippen molar-refractivity contribution in [3.8, 4) is 0 Å². The fraction of sp³-hybridized carbons (Fsp3) is 0.450. The SMILES string of the molecule is CC/C=C/C/C=C\C/C=C\C[C@@H](/C=C/C=C\CCCC(=O)O)OO. The van der Waals surface area contributed by atoms with Gasteiger partial charge in [0.15, 0.2) is 0 Å². The molecule has 0 amide bonds. The van der Waals surface area contributed by atoms with E-state index < -0.39 is 5.97 Å². The van der Waals surface area contributed by atoms with Crippen LogP contribution in [-0.4, -0.2) is 22.4 Å². The normalized spacial score (nSPS) is 14.1. The second-order valence-corrected chi connectivity index (χ2v) is 5.27. The maximum absolute atomic E-state index is 10.3. The van der Waals surface area contributed by atoms with Crippen LogP contribution in [0.1, 0.15) is 51.9 Å². The van der Waals surface area contributed by atoms with Gasteiger partial charge < -0.3 is 5.11 Å². The summed E-state index contributed by atoms with van der Waals surface area (Å²) in [5, 5.41) is 17.4. The van der Waals surface area contributed by atoms with E-state index in [1.165, 1.54) is 0 Å². The topological polar surface area (TPSA) is 66.8 Å². The van der Waals surface area contributed by atoms with Crippen LogP contribution in [0.4, 0.5) is 0 Å². The third-order valence-corrected chi connectivity index (χ3v) is 3.12.